The van der Waals surface area contributed by atoms with E-state index in [-0.39, 0.29) is 11.8 Å². The summed E-state index contributed by atoms with van der Waals surface area (Å²) in [4.78, 5) is 13.7. The highest BCUT2D eigenvalue weighted by molar-refractivity contribution is 5.98. The van der Waals surface area contributed by atoms with E-state index >= 15 is 0 Å². The van der Waals surface area contributed by atoms with Gasteiger partial charge in [-0.3, -0.25) is 4.79 Å². The van der Waals surface area contributed by atoms with Gasteiger partial charge in [-0.25, -0.2) is 0 Å². The summed E-state index contributed by atoms with van der Waals surface area (Å²) in [5.41, 5.74) is 9.41. The van der Waals surface area contributed by atoms with E-state index in [0.717, 1.165) is 28.3 Å². The topological polar surface area (TPSA) is 55.6 Å². The van der Waals surface area contributed by atoms with Crippen LogP contribution in [0.3, 0.4) is 0 Å². The average molecular weight is 234 g/mol. The van der Waals surface area contributed by atoms with Crippen LogP contribution in [0.5, 0.6) is 5.75 Å². The molecular formula is C13H18N2O2. The lowest BCUT2D eigenvalue weighted by Crippen LogP contribution is -2.32. The molecule has 1 aliphatic rings. The number of aryl methyl sites for hydroxylation is 1. The quantitative estimate of drug-likeness (QED) is 0.697. The molecule has 0 spiro atoms. The standard InChI is InChI=1S/C13H18N2O2/c1-7-5-10-12(9(3)11(7)14)15(4)13(16)8(2)6-17-10/h5,8H,6,14H2,1-4H3. The number of carbonyl (C=O) groups excluding carboxylic acids is 1. The van der Waals surface area contributed by atoms with E-state index in [1.54, 1.807) is 11.9 Å². The van der Waals surface area contributed by atoms with E-state index in [1.165, 1.54) is 0 Å². The number of fused-ring (bicyclic) bond motifs is 1. The van der Waals surface area contributed by atoms with Gasteiger partial charge >= 0.3 is 0 Å². The summed E-state index contributed by atoms with van der Waals surface area (Å²) in [7, 11) is 1.77. The van der Waals surface area contributed by atoms with Crippen LogP contribution in [-0.4, -0.2) is 19.6 Å². The van der Waals surface area contributed by atoms with Gasteiger partial charge in [0.25, 0.3) is 0 Å². The minimum Gasteiger partial charge on any atom is -0.491 e. The molecule has 92 valence electrons. The lowest BCUT2D eigenvalue weighted by atomic mass is 10.0. The zero-order valence-corrected chi connectivity index (χ0v) is 10.7. The van der Waals surface area contributed by atoms with Crippen LogP contribution >= 0.6 is 0 Å². The summed E-state index contributed by atoms with van der Waals surface area (Å²) in [5.74, 6) is 0.679. The number of benzene rings is 1. The first-order valence-corrected chi connectivity index (χ1v) is 5.73. The maximum absolute atomic E-state index is 12.1. The lowest BCUT2D eigenvalue weighted by molar-refractivity contribution is -0.122. The average Bonchev–Trinajstić information content (AvgIpc) is 2.39. The van der Waals surface area contributed by atoms with Crippen molar-refractivity contribution >= 4 is 17.3 Å². The van der Waals surface area contributed by atoms with Gasteiger partial charge < -0.3 is 15.4 Å². The number of hydrogen-bond acceptors (Lipinski definition) is 3. The largest absolute Gasteiger partial charge is 0.491 e. The minimum absolute atomic E-state index is 0.0649. The number of hydrogen-bond donors (Lipinski definition) is 1. The van der Waals surface area contributed by atoms with Crippen LogP contribution in [0.15, 0.2) is 6.07 Å². The predicted molar refractivity (Wildman–Crippen MR) is 68.4 cm³/mol. The number of nitrogens with two attached hydrogens (primary N) is 1. The number of carbonyl (C=O) groups is 1. The number of nitrogens with zero attached hydrogens (tertiary/aromatic N) is 1. The third kappa shape index (κ3) is 1.73. The summed E-state index contributed by atoms with van der Waals surface area (Å²) in [5, 5.41) is 0. The zero-order valence-electron chi connectivity index (χ0n) is 10.7. The van der Waals surface area contributed by atoms with Crippen molar-refractivity contribution in [3.63, 3.8) is 0 Å². The molecule has 4 nitrogen and oxygen atoms in total. The molecule has 2 rings (SSSR count). The second kappa shape index (κ2) is 3.95. The summed E-state index contributed by atoms with van der Waals surface area (Å²) in [6, 6.07) is 1.90. The van der Waals surface area contributed by atoms with E-state index in [9.17, 15) is 4.79 Å². The second-order valence-electron chi connectivity index (χ2n) is 4.69. The van der Waals surface area contributed by atoms with Crippen molar-refractivity contribution in [2.75, 3.05) is 24.3 Å². The molecule has 0 saturated heterocycles. The Morgan fingerprint density at radius 2 is 2.12 bits per heavy atom. The van der Waals surface area contributed by atoms with Gasteiger partial charge in [-0.15, -0.1) is 0 Å². The molecular weight excluding hydrogens is 216 g/mol. The van der Waals surface area contributed by atoms with Gasteiger partial charge in [0, 0.05) is 12.7 Å². The fourth-order valence-electron chi connectivity index (χ4n) is 2.20. The van der Waals surface area contributed by atoms with E-state index in [2.05, 4.69) is 0 Å². The summed E-state index contributed by atoms with van der Waals surface area (Å²) < 4.78 is 5.70. The molecule has 2 N–H and O–H groups in total. The van der Waals surface area contributed by atoms with Crippen molar-refractivity contribution in [3.05, 3.63) is 17.2 Å². The number of amides is 1. The molecule has 1 aromatic rings. The molecule has 17 heavy (non-hydrogen) atoms. The van der Waals surface area contributed by atoms with Gasteiger partial charge in [0.1, 0.15) is 5.75 Å². The van der Waals surface area contributed by atoms with E-state index in [4.69, 9.17) is 10.5 Å². The Hall–Kier alpha value is -1.71. The number of nitrogen functional groups attached to an aromatic ring is 1. The Balaban J connectivity index is 2.64. The van der Waals surface area contributed by atoms with Crippen LogP contribution in [-0.2, 0) is 4.79 Å². The molecule has 0 aliphatic carbocycles. The van der Waals surface area contributed by atoms with Crippen molar-refractivity contribution < 1.29 is 9.53 Å². The van der Waals surface area contributed by atoms with Crippen LogP contribution < -0.4 is 15.4 Å². The van der Waals surface area contributed by atoms with Crippen molar-refractivity contribution in [3.8, 4) is 5.75 Å². The van der Waals surface area contributed by atoms with Gasteiger partial charge in [0.05, 0.1) is 18.2 Å². The Morgan fingerprint density at radius 1 is 1.47 bits per heavy atom. The SMILES string of the molecule is Cc1cc2c(c(C)c1N)N(C)C(=O)C(C)CO2. The molecule has 0 fully saturated rings. The maximum atomic E-state index is 12.1. The Bertz CT molecular complexity index is 483. The molecule has 0 bridgehead atoms. The molecule has 4 heteroatoms. The summed E-state index contributed by atoms with van der Waals surface area (Å²) in [6.45, 7) is 6.15. The third-order valence-corrected chi connectivity index (χ3v) is 3.34. The fraction of sp³-hybridized carbons (Fsp3) is 0.462. The second-order valence-corrected chi connectivity index (χ2v) is 4.69. The van der Waals surface area contributed by atoms with Crippen molar-refractivity contribution in [1.29, 1.82) is 0 Å². The highest BCUT2D eigenvalue weighted by atomic mass is 16.5. The first kappa shape index (κ1) is 11.8. The normalized spacial score (nSPS) is 19.6. The Kier molecular flexibility index (Phi) is 2.73. The van der Waals surface area contributed by atoms with Crippen LogP contribution in [0.4, 0.5) is 11.4 Å². The number of anilines is 2. The Morgan fingerprint density at radius 3 is 2.76 bits per heavy atom. The van der Waals surface area contributed by atoms with Crippen LogP contribution in [0, 0.1) is 19.8 Å². The van der Waals surface area contributed by atoms with Crippen LogP contribution in [0.2, 0.25) is 0 Å². The van der Waals surface area contributed by atoms with Crippen LogP contribution in [0.25, 0.3) is 0 Å². The molecule has 1 heterocycles. The Labute approximate surface area is 101 Å². The minimum atomic E-state index is -0.131. The fourth-order valence-corrected chi connectivity index (χ4v) is 2.20. The van der Waals surface area contributed by atoms with Gasteiger partial charge in [-0.05, 0) is 31.0 Å². The first-order chi connectivity index (χ1) is 7.93. The van der Waals surface area contributed by atoms with E-state index in [1.807, 2.05) is 26.8 Å². The molecule has 1 amide bonds. The predicted octanol–water partition coefficient (Wildman–Crippen LogP) is 1.88. The van der Waals surface area contributed by atoms with E-state index < -0.39 is 0 Å². The monoisotopic (exact) mass is 234 g/mol. The van der Waals surface area contributed by atoms with Gasteiger partial charge in [0.15, 0.2) is 0 Å². The van der Waals surface area contributed by atoms with Gasteiger partial charge in [-0.1, -0.05) is 6.92 Å². The van der Waals surface area contributed by atoms with Crippen LogP contribution in [0.1, 0.15) is 18.1 Å². The van der Waals surface area contributed by atoms with E-state index in [0.29, 0.717) is 6.61 Å². The third-order valence-electron chi connectivity index (χ3n) is 3.34. The lowest BCUT2D eigenvalue weighted by Gasteiger charge is -2.21. The number of rotatable bonds is 0. The van der Waals surface area contributed by atoms with Gasteiger partial charge in [-0.2, -0.15) is 0 Å². The molecule has 0 aromatic heterocycles. The summed E-state index contributed by atoms with van der Waals surface area (Å²) >= 11 is 0. The molecule has 1 unspecified atom stereocenters. The first-order valence-electron chi connectivity index (χ1n) is 5.73. The van der Waals surface area contributed by atoms with Crippen molar-refractivity contribution in [2.45, 2.75) is 20.8 Å². The number of ether oxygens (including phenoxy) is 1. The van der Waals surface area contributed by atoms with Crippen molar-refractivity contribution in [1.82, 2.24) is 0 Å². The molecule has 0 radical (unpaired) electrons. The molecule has 1 aromatic carbocycles. The highest BCUT2D eigenvalue weighted by Crippen LogP contribution is 2.39. The van der Waals surface area contributed by atoms with Crippen molar-refractivity contribution in [2.24, 2.45) is 5.92 Å². The zero-order chi connectivity index (χ0) is 12.7. The summed E-state index contributed by atoms with van der Waals surface area (Å²) in [6.07, 6.45) is 0. The smallest absolute Gasteiger partial charge is 0.233 e. The maximum Gasteiger partial charge on any atom is 0.233 e. The van der Waals surface area contributed by atoms with Gasteiger partial charge in [0.2, 0.25) is 5.91 Å². The molecule has 0 saturated carbocycles. The highest BCUT2D eigenvalue weighted by Gasteiger charge is 2.28. The molecule has 1 atom stereocenters. The molecule has 1 aliphatic heterocycles.